The number of carbonyl (C=O) groups is 1. The molecular weight excluding hydrogens is 236 g/mol. The van der Waals surface area contributed by atoms with E-state index in [-0.39, 0.29) is 5.91 Å². The molecule has 2 rings (SSSR count). The van der Waals surface area contributed by atoms with Crippen molar-refractivity contribution in [1.29, 1.82) is 0 Å². The summed E-state index contributed by atoms with van der Waals surface area (Å²) in [7, 11) is 0. The van der Waals surface area contributed by atoms with Crippen LogP contribution in [-0.4, -0.2) is 19.0 Å². The average Bonchev–Trinajstić information content (AvgIpc) is 2.81. The third-order valence-corrected chi connectivity index (χ3v) is 3.79. The average molecular weight is 260 g/mol. The van der Waals surface area contributed by atoms with Crippen molar-refractivity contribution in [1.82, 2.24) is 0 Å². The van der Waals surface area contributed by atoms with Gasteiger partial charge in [-0.2, -0.15) is 0 Å². The van der Waals surface area contributed by atoms with E-state index in [1.807, 2.05) is 23.1 Å². The minimum absolute atomic E-state index is 0.223. The summed E-state index contributed by atoms with van der Waals surface area (Å²) in [4.78, 5) is 14.4. The summed E-state index contributed by atoms with van der Waals surface area (Å²) < 4.78 is 0. The van der Waals surface area contributed by atoms with Crippen LogP contribution in [0.25, 0.3) is 0 Å². The molecule has 0 fully saturated rings. The van der Waals surface area contributed by atoms with Gasteiger partial charge in [0.15, 0.2) is 0 Å². The molecule has 1 heterocycles. The van der Waals surface area contributed by atoms with Gasteiger partial charge >= 0.3 is 0 Å². The number of hydrogen-bond donors (Lipinski definition) is 1. The molecule has 19 heavy (non-hydrogen) atoms. The predicted molar refractivity (Wildman–Crippen MR) is 79.1 cm³/mol. The highest BCUT2D eigenvalue weighted by Crippen LogP contribution is 2.29. The normalized spacial score (nSPS) is 15.7. The van der Waals surface area contributed by atoms with Gasteiger partial charge in [-0.15, -0.1) is 0 Å². The molecule has 1 aliphatic heterocycles. The van der Waals surface area contributed by atoms with Crippen LogP contribution in [-0.2, 0) is 11.2 Å². The monoisotopic (exact) mass is 260 g/mol. The number of hydrogen-bond acceptors (Lipinski definition) is 2. The first-order chi connectivity index (χ1) is 9.11. The molecule has 2 N–H and O–H groups in total. The summed E-state index contributed by atoms with van der Waals surface area (Å²) in [6.07, 6.45) is 2.57. The van der Waals surface area contributed by atoms with Crippen LogP contribution in [0.4, 0.5) is 5.69 Å². The van der Waals surface area contributed by atoms with E-state index in [4.69, 9.17) is 5.73 Å². The number of carbonyl (C=O) groups excluding carboxylic acids is 1. The Labute approximate surface area is 115 Å². The minimum Gasteiger partial charge on any atom is -0.330 e. The maximum atomic E-state index is 12.4. The lowest BCUT2D eigenvalue weighted by molar-refractivity contribution is -0.119. The molecule has 0 bridgehead atoms. The van der Waals surface area contributed by atoms with Crippen molar-refractivity contribution >= 4 is 11.6 Å². The number of nitrogens with zero attached hydrogens (tertiary/aromatic N) is 1. The van der Waals surface area contributed by atoms with Crippen LogP contribution >= 0.6 is 0 Å². The molecule has 1 aromatic rings. The molecule has 3 heteroatoms. The maximum absolute atomic E-state index is 12.4. The SMILES string of the molecule is CC(C)C[C@H](CN)CC(=O)N1CCc2ccccc21. The van der Waals surface area contributed by atoms with E-state index in [9.17, 15) is 4.79 Å². The largest absolute Gasteiger partial charge is 0.330 e. The lowest BCUT2D eigenvalue weighted by Crippen LogP contribution is -2.32. The van der Waals surface area contributed by atoms with Gasteiger partial charge in [0.05, 0.1) is 0 Å². The second-order valence-electron chi connectivity index (χ2n) is 5.86. The van der Waals surface area contributed by atoms with Crippen molar-refractivity contribution in [2.45, 2.75) is 33.1 Å². The molecule has 0 radical (unpaired) electrons. The summed E-state index contributed by atoms with van der Waals surface area (Å²) >= 11 is 0. The van der Waals surface area contributed by atoms with Crippen molar-refractivity contribution in [2.24, 2.45) is 17.6 Å². The van der Waals surface area contributed by atoms with Gasteiger partial charge in [0.2, 0.25) is 5.91 Å². The van der Waals surface area contributed by atoms with Crippen LogP contribution in [0.2, 0.25) is 0 Å². The first-order valence-electron chi connectivity index (χ1n) is 7.20. The van der Waals surface area contributed by atoms with Crippen molar-refractivity contribution in [3.63, 3.8) is 0 Å². The van der Waals surface area contributed by atoms with Crippen LogP contribution in [0.5, 0.6) is 0 Å². The van der Waals surface area contributed by atoms with E-state index in [2.05, 4.69) is 19.9 Å². The molecule has 1 amide bonds. The number of benzene rings is 1. The molecule has 3 nitrogen and oxygen atoms in total. The topological polar surface area (TPSA) is 46.3 Å². The molecule has 0 saturated heterocycles. The second-order valence-corrected chi connectivity index (χ2v) is 5.86. The molecule has 0 unspecified atom stereocenters. The van der Waals surface area contributed by atoms with E-state index in [0.29, 0.717) is 24.8 Å². The number of anilines is 1. The number of fused-ring (bicyclic) bond motifs is 1. The quantitative estimate of drug-likeness (QED) is 0.884. The summed E-state index contributed by atoms with van der Waals surface area (Å²) in [5.41, 5.74) is 8.16. The third-order valence-electron chi connectivity index (χ3n) is 3.79. The minimum atomic E-state index is 0.223. The number of para-hydroxylation sites is 1. The Bertz CT molecular complexity index is 442. The van der Waals surface area contributed by atoms with E-state index in [1.54, 1.807) is 0 Å². The molecule has 1 aromatic carbocycles. The van der Waals surface area contributed by atoms with Crippen molar-refractivity contribution in [3.8, 4) is 0 Å². The number of nitrogens with two attached hydrogens (primary N) is 1. The Morgan fingerprint density at radius 3 is 2.79 bits per heavy atom. The lowest BCUT2D eigenvalue weighted by atomic mass is 9.94. The van der Waals surface area contributed by atoms with Crippen molar-refractivity contribution in [3.05, 3.63) is 29.8 Å². The van der Waals surface area contributed by atoms with Gasteiger partial charge in [-0.3, -0.25) is 4.79 Å². The molecule has 1 aliphatic rings. The highest BCUT2D eigenvalue weighted by atomic mass is 16.2. The van der Waals surface area contributed by atoms with Gasteiger partial charge in [0.1, 0.15) is 0 Å². The first-order valence-corrected chi connectivity index (χ1v) is 7.20. The molecule has 1 atom stereocenters. The van der Waals surface area contributed by atoms with E-state index in [1.165, 1.54) is 5.56 Å². The van der Waals surface area contributed by atoms with Crippen LogP contribution in [0.15, 0.2) is 24.3 Å². The molecule has 0 spiro atoms. The van der Waals surface area contributed by atoms with Gasteiger partial charge < -0.3 is 10.6 Å². The number of rotatable bonds is 5. The van der Waals surface area contributed by atoms with E-state index >= 15 is 0 Å². The molecule has 0 saturated carbocycles. The van der Waals surface area contributed by atoms with Gasteiger partial charge in [0.25, 0.3) is 0 Å². The van der Waals surface area contributed by atoms with Crippen molar-refractivity contribution in [2.75, 3.05) is 18.0 Å². The van der Waals surface area contributed by atoms with Crippen molar-refractivity contribution < 1.29 is 4.79 Å². The standard InChI is InChI=1S/C16H24N2O/c1-12(2)9-13(11-17)10-16(19)18-8-7-14-5-3-4-6-15(14)18/h3-6,12-13H,7-11,17H2,1-2H3/t13-/m0/s1. The van der Waals surface area contributed by atoms with Gasteiger partial charge in [0, 0.05) is 18.7 Å². The molecule has 0 aromatic heterocycles. The van der Waals surface area contributed by atoms with E-state index < -0.39 is 0 Å². The Kier molecular flexibility index (Phi) is 4.59. The number of amides is 1. The zero-order valence-corrected chi connectivity index (χ0v) is 11.9. The molecule has 104 valence electrons. The van der Waals surface area contributed by atoms with Crippen LogP contribution < -0.4 is 10.6 Å². The fourth-order valence-electron chi connectivity index (χ4n) is 2.88. The zero-order chi connectivity index (χ0) is 13.8. The molecule has 0 aliphatic carbocycles. The Hall–Kier alpha value is -1.35. The second kappa shape index (κ2) is 6.20. The molecular formula is C16H24N2O. The van der Waals surface area contributed by atoms with Crippen LogP contribution in [0.1, 0.15) is 32.3 Å². The van der Waals surface area contributed by atoms with Gasteiger partial charge in [-0.05, 0) is 42.9 Å². The lowest BCUT2D eigenvalue weighted by Gasteiger charge is -2.22. The summed E-state index contributed by atoms with van der Waals surface area (Å²) in [5.74, 6) is 1.12. The smallest absolute Gasteiger partial charge is 0.227 e. The summed E-state index contributed by atoms with van der Waals surface area (Å²) in [5, 5.41) is 0. The summed E-state index contributed by atoms with van der Waals surface area (Å²) in [6, 6.07) is 8.19. The fourth-order valence-corrected chi connectivity index (χ4v) is 2.88. The maximum Gasteiger partial charge on any atom is 0.227 e. The first kappa shape index (κ1) is 14.1. The third kappa shape index (κ3) is 3.35. The summed E-state index contributed by atoms with van der Waals surface area (Å²) in [6.45, 7) is 5.77. The van der Waals surface area contributed by atoms with Crippen LogP contribution in [0.3, 0.4) is 0 Å². The predicted octanol–water partition coefficient (Wildman–Crippen LogP) is 2.59. The van der Waals surface area contributed by atoms with Crippen LogP contribution in [0, 0.1) is 11.8 Å². The Morgan fingerprint density at radius 2 is 2.11 bits per heavy atom. The fraction of sp³-hybridized carbons (Fsp3) is 0.562. The highest BCUT2D eigenvalue weighted by Gasteiger charge is 2.25. The Balaban J connectivity index is 2.01. The van der Waals surface area contributed by atoms with E-state index in [0.717, 1.165) is 25.1 Å². The highest BCUT2D eigenvalue weighted by molar-refractivity contribution is 5.95. The Morgan fingerprint density at radius 1 is 1.37 bits per heavy atom. The van der Waals surface area contributed by atoms with Gasteiger partial charge in [-0.1, -0.05) is 32.0 Å². The van der Waals surface area contributed by atoms with Gasteiger partial charge in [-0.25, -0.2) is 0 Å². The zero-order valence-electron chi connectivity index (χ0n) is 11.9.